The molecule has 0 fully saturated rings. The molecule has 0 aromatic heterocycles. The second kappa shape index (κ2) is 11.0. The van der Waals surface area contributed by atoms with E-state index < -0.39 is 5.92 Å². The number of nitrogens with zero attached hydrogens (tertiary/aromatic N) is 1. The number of hydrogen-bond acceptors (Lipinski definition) is 5. The van der Waals surface area contributed by atoms with Crippen LogP contribution in [0.5, 0.6) is 11.5 Å². The third kappa shape index (κ3) is 4.80. The van der Waals surface area contributed by atoms with Gasteiger partial charge in [0.1, 0.15) is 12.4 Å². The van der Waals surface area contributed by atoms with Crippen LogP contribution in [0.1, 0.15) is 68.1 Å². The van der Waals surface area contributed by atoms with E-state index >= 15 is 0 Å². The quantitative estimate of drug-likeness (QED) is 0.372. The highest BCUT2D eigenvalue weighted by Crippen LogP contribution is 2.50. The van der Waals surface area contributed by atoms with Crippen LogP contribution in [-0.4, -0.2) is 30.1 Å². The first-order valence-corrected chi connectivity index (χ1v) is 13.5. The summed E-state index contributed by atoms with van der Waals surface area (Å²) in [6.07, 6.45) is 6.64. The van der Waals surface area contributed by atoms with Gasteiger partial charge in [-0.2, -0.15) is 0 Å². The van der Waals surface area contributed by atoms with Crippen molar-refractivity contribution in [3.8, 4) is 11.5 Å². The number of Topliss-reactive ketones (excluding diaryl/α,β-unsaturated/α-hetero) is 2. The number of carbonyl (C=O) groups is 2. The van der Waals surface area contributed by atoms with Crippen LogP contribution in [0.15, 0.2) is 71.6 Å². The van der Waals surface area contributed by atoms with Gasteiger partial charge < -0.3 is 14.4 Å². The Hall–Kier alpha value is -3.67. The molecule has 198 valence electrons. The van der Waals surface area contributed by atoms with Crippen molar-refractivity contribution >= 4 is 11.6 Å². The molecule has 2 aromatic rings. The van der Waals surface area contributed by atoms with Crippen LogP contribution in [0.25, 0.3) is 0 Å². The van der Waals surface area contributed by atoms with Crippen LogP contribution >= 0.6 is 0 Å². The third-order valence-electron chi connectivity index (χ3n) is 7.69. The van der Waals surface area contributed by atoms with Gasteiger partial charge in [-0.25, -0.2) is 4.39 Å². The lowest BCUT2D eigenvalue weighted by Gasteiger charge is -2.42. The van der Waals surface area contributed by atoms with Gasteiger partial charge in [-0.3, -0.25) is 9.59 Å². The van der Waals surface area contributed by atoms with Crippen molar-refractivity contribution in [3.63, 3.8) is 0 Å². The largest absolute Gasteiger partial charge is 0.490 e. The summed E-state index contributed by atoms with van der Waals surface area (Å²) in [6, 6.07) is 10.2. The molecule has 5 rings (SSSR count). The van der Waals surface area contributed by atoms with Gasteiger partial charge in [0, 0.05) is 53.9 Å². The number of halogens is 1. The first kappa shape index (κ1) is 26.0. The Morgan fingerprint density at radius 1 is 0.974 bits per heavy atom. The minimum atomic E-state index is -0.411. The smallest absolute Gasteiger partial charge is 0.165 e. The predicted molar refractivity (Wildman–Crippen MR) is 145 cm³/mol. The molecule has 1 heterocycles. The van der Waals surface area contributed by atoms with Gasteiger partial charge in [-0.15, -0.1) is 6.58 Å². The van der Waals surface area contributed by atoms with Crippen LogP contribution in [0, 0.1) is 5.82 Å². The molecule has 0 saturated carbocycles. The number of carbonyl (C=O) groups excluding carboxylic acids is 2. The van der Waals surface area contributed by atoms with Gasteiger partial charge in [-0.1, -0.05) is 24.3 Å². The van der Waals surface area contributed by atoms with Gasteiger partial charge in [0.25, 0.3) is 0 Å². The molecule has 0 saturated heterocycles. The summed E-state index contributed by atoms with van der Waals surface area (Å²) >= 11 is 0. The topological polar surface area (TPSA) is 55.8 Å². The van der Waals surface area contributed by atoms with Crippen molar-refractivity contribution in [2.75, 3.05) is 13.7 Å². The van der Waals surface area contributed by atoms with E-state index in [2.05, 4.69) is 11.5 Å². The molecule has 0 unspecified atom stereocenters. The Morgan fingerprint density at radius 2 is 1.61 bits per heavy atom. The summed E-state index contributed by atoms with van der Waals surface area (Å²) in [7, 11) is 2.00. The molecule has 3 aliphatic rings. The Kier molecular flexibility index (Phi) is 7.50. The fourth-order valence-electron chi connectivity index (χ4n) is 6.01. The fourth-order valence-corrected chi connectivity index (χ4v) is 6.01. The third-order valence-corrected chi connectivity index (χ3v) is 7.69. The summed E-state index contributed by atoms with van der Waals surface area (Å²) in [4.78, 5) is 28.9. The van der Waals surface area contributed by atoms with Crippen LogP contribution in [-0.2, 0) is 22.6 Å². The van der Waals surface area contributed by atoms with E-state index in [-0.39, 0.29) is 24.0 Å². The van der Waals surface area contributed by atoms with E-state index in [0.29, 0.717) is 37.4 Å². The molecule has 0 radical (unpaired) electrons. The number of rotatable bonds is 8. The number of benzene rings is 2. The molecular weight excluding hydrogens is 481 g/mol. The monoisotopic (exact) mass is 515 g/mol. The average Bonchev–Trinajstić information content (AvgIpc) is 2.90. The molecule has 2 aromatic carbocycles. The van der Waals surface area contributed by atoms with Gasteiger partial charge in [0.05, 0.1) is 6.61 Å². The van der Waals surface area contributed by atoms with Crippen molar-refractivity contribution in [1.29, 1.82) is 0 Å². The first-order chi connectivity index (χ1) is 18.4. The second-order valence-corrected chi connectivity index (χ2v) is 10.1. The molecule has 0 N–H and O–H groups in total. The molecule has 0 atom stereocenters. The van der Waals surface area contributed by atoms with E-state index in [1.165, 1.54) is 12.1 Å². The molecule has 0 spiro atoms. The Labute approximate surface area is 223 Å². The maximum atomic E-state index is 13.4. The van der Waals surface area contributed by atoms with Crippen molar-refractivity contribution in [2.45, 2.75) is 64.4 Å². The van der Waals surface area contributed by atoms with Crippen molar-refractivity contribution in [1.82, 2.24) is 4.90 Å². The summed E-state index contributed by atoms with van der Waals surface area (Å²) in [5, 5.41) is 0. The van der Waals surface area contributed by atoms with E-state index in [1.807, 2.05) is 26.1 Å². The molecule has 1 aliphatic heterocycles. The highest BCUT2D eigenvalue weighted by molar-refractivity contribution is 6.06. The van der Waals surface area contributed by atoms with Crippen molar-refractivity contribution in [2.24, 2.45) is 0 Å². The van der Waals surface area contributed by atoms with E-state index in [0.717, 1.165) is 64.9 Å². The summed E-state index contributed by atoms with van der Waals surface area (Å²) in [6.45, 7) is 6.53. The average molecular weight is 516 g/mol. The lowest BCUT2D eigenvalue weighted by molar-refractivity contribution is -0.117. The van der Waals surface area contributed by atoms with Gasteiger partial charge in [-0.05, 0) is 68.4 Å². The normalized spacial score (nSPS) is 17.9. The van der Waals surface area contributed by atoms with Crippen LogP contribution < -0.4 is 9.47 Å². The van der Waals surface area contributed by atoms with Crippen LogP contribution in [0.3, 0.4) is 0 Å². The number of hydrogen-bond donors (Lipinski definition) is 0. The second-order valence-electron chi connectivity index (χ2n) is 10.1. The highest BCUT2D eigenvalue weighted by Gasteiger charge is 2.42. The zero-order chi connectivity index (χ0) is 26.8. The van der Waals surface area contributed by atoms with Crippen molar-refractivity contribution in [3.05, 3.63) is 94.1 Å². The van der Waals surface area contributed by atoms with Crippen LogP contribution in [0.4, 0.5) is 4.39 Å². The maximum Gasteiger partial charge on any atom is 0.165 e. The van der Waals surface area contributed by atoms with E-state index in [1.54, 1.807) is 18.2 Å². The predicted octanol–water partition coefficient (Wildman–Crippen LogP) is 6.58. The Balaban J connectivity index is 1.64. The maximum absolute atomic E-state index is 13.4. The molecule has 6 heteroatoms. The number of allylic oxidation sites excluding steroid dienone is 5. The summed E-state index contributed by atoms with van der Waals surface area (Å²) < 4.78 is 25.7. The lowest BCUT2D eigenvalue weighted by Crippen LogP contribution is -2.37. The Bertz CT molecular complexity index is 1290. The minimum Gasteiger partial charge on any atom is -0.490 e. The lowest BCUT2D eigenvalue weighted by atomic mass is 9.71. The van der Waals surface area contributed by atoms with E-state index in [9.17, 15) is 14.0 Å². The first-order valence-electron chi connectivity index (χ1n) is 13.5. The van der Waals surface area contributed by atoms with Crippen LogP contribution in [0.2, 0.25) is 0 Å². The zero-order valence-corrected chi connectivity index (χ0v) is 22.1. The molecular formula is C32H34FNO4. The van der Waals surface area contributed by atoms with Gasteiger partial charge in [0.15, 0.2) is 23.1 Å². The number of ketones is 2. The SMILES string of the molecule is C=CCc1cc(C2C3=C(CCCC3=O)N(C)C3=C2C(=O)CCC3)cc(OCC)c1OCc1ccc(F)cc1. The zero-order valence-electron chi connectivity index (χ0n) is 22.1. The van der Waals surface area contributed by atoms with E-state index in [4.69, 9.17) is 9.47 Å². The highest BCUT2D eigenvalue weighted by atomic mass is 19.1. The minimum absolute atomic E-state index is 0.118. The summed E-state index contributed by atoms with van der Waals surface area (Å²) in [5.41, 5.74) is 6.16. The van der Waals surface area contributed by atoms with Gasteiger partial charge >= 0.3 is 0 Å². The van der Waals surface area contributed by atoms with Gasteiger partial charge in [0.2, 0.25) is 0 Å². The van der Waals surface area contributed by atoms with Crippen molar-refractivity contribution < 1.29 is 23.5 Å². The summed E-state index contributed by atoms with van der Waals surface area (Å²) in [5.74, 6) is 0.696. The molecule has 2 aliphatic carbocycles. The molecule has 0 amide bonds. The molecule has 38 heavy (non-hydrogen) atoms. The molecule has 5 nitrogen and oxygen atoms in total. The molecule has 0 bridgehead atoms. The fraction of sp³-hybridized carbons (Fsp3) is 0.375. The number of ether oxygens (including phenoxy) is 2. The standard InChI is InChI=1S/C32H34FNO4/c1-4-8-21-17-22(18-28(37-5-2)32(21)38-19-20-13-15-23(33)16-14-20)29-30-24(9-6-11-26(30)35)34(3)25-10-7-12-27(36)31(25)29/h4,13-18,29H,1,5-12,19H2,2-3H3. The Morgan fingerprint density at radius 3 is 2.18 bits per heavy atom.